The van der Waals surface area contributed by atoms with Crippen LogP contribution < -0.4 is 5.32 Å². The zero-order valence-electron chi connectivity index (χ0n) is 12.4. The van der Waals surface area contributed by atoms with Gasteiger partial charge in [0.2, 0.25) is 0 Å². The average molecular weight is 265 g/mol. The normalized spacial score (nSPS) is 13.0. The molecule has 0 heterocycles. The zero-order chi connectivity index (χ0) is 13.5. The van der Waals surface area contributed by atoms with Crippen molar-refractivity contribution in [3.05, 3.63) is 34.9 Å². The Hall–Kier alpha value is -0.470. The second-order valence-electron chi connectivity index (χ2n) is 5.39. The molecule has 1 unspecified atom stereocenters. The highest BCUT2D eigenvalue weighted by Gasteiger charge is 2.11. The lowest BCUT2D eigenvalue weighted by atomic mass is 10.0. The molecule has 102 valence electrons. The Morgan fingerprint density at radius 2 is 1.83 bits per heavy atom. The van der Waals surface area contributed by atoms with E-state index >= 15 is 0 Å². The summed E-state index contributed by atoms with van der Waals surface area (Å²) in [6.07, 6.45) is 0. The number of benzene rings is 1. The minimum Gasteiger partial charge on any atom is -0.310 e. The monoisotopic (exact) mass is 265 g/mol. The van der Waals surface area contributed by atoms with E-state index in [1.807, 2.05) is 0 Å². The standard InChI is InChI=1S/C16H27NS/c1-6-17-16(11-18-10-12(2)3)15-8-7-13(4)14(5)9-15/h7-9,12,16-17H,6,10-11H2,1-5H3. The van der Waals surface area contributed by atoms with Gasteiger partial charge in [0, 0.05) is 11.8 Å². The highest BCUT2D eigenvalue weighted by molar-refractivity contribution is 7.99. The van der Waals surface area contributed by atoms with Crippen LogP contribution in [0.3, 0.4) is 0 Å². The van der Waals surface area contributed by atoms with E-state index in [0.717, 1.165) is 18.2 Å². The van der Waals surface area contributed by atoms with Gasteiger partial charge in [-0.15, -0.1) is 0 Å². The molecule has 0 fully saturated rings. The molecule has 2 heteroatoms. The molecule has 1 atom stereocenters. The van der Waals surface area contributed by atoms with Crippen molar-refractivity contribution in [1.82, 2.24) is 5.32 Å². The van der Waals surface area contributed by atoms with Crippen molar-refractivity contribution in [1.29, 1.82) is 0 Å². The third-order valence-corrected chi connectivity index (χ3v) is 4.59. The van der Waals surface area contributed by atoms with Crippen LogP contribution in [0.5, 0.6) is 0 Å². The first-order valence-corrected chi connectivity index (χ1v) is 8.08. The van der Waals surface area contributed by atoms with E-state index in [2.05, 4.69) is 69.9 Å². The zero-order valence-corrected chi connectivity index (χ0v) is 13.2. The van der Waals surface area contributed by atoms with Crippen molar-refractivity contribution >= 4 is 11.8 Å². The molecule has 0 aliphatic carbocycles. The maximum Gasteiger partial charge on any atom is 0.0411 e. The fourth-order valence-electron chi connectivity index (χ4n) is 1.92. The topological polar surface area (TPSA) is 12.0 Å². The first-order chi connectivity index (χ1) is 8.54. The van der Waals surface area contributed by atoms with Gasteiger partial charge in [0.15, 0.2) is 0 Å². The van der Waals surface area contributed by atoms with Crippen LogP contribution in [0.1, 0.15) is 43.5 Å². The summed E-state index contributed by atoms with van der Waals surface area (Å²) in [5, 5.41) is 3.60. The summed E-state index contributed by atoms with van der Waals surface area (Å²) in [6.45, 7) is 12.1. The van der Waals surface area contributed by atoms with Crippen molar-refractivity contribution < 1.29 is 0 Å². The minimum atomic E-state index is 0.484. The third kappa shape index (κ3) is 5.03. The second kappa shape index (κ2) is 7.85. The molecule has 0 saturated carbocycles. The molecule has 0 aliphatic rings. The van der Waals surface area contributed by atoms with Gasteiger partial charge >= 0.3 is 0 Å². The molecule has 0 aromatic heterocycles. The number of thioether (sulfide) groups is 1. The highest BCUT2D eigenvalue weighted by Crippen LogP contribution is 2.22. The van der Waals surface area contributed by atoms with Crippen molar-refractivity contribution in [2.24, 2.45) is 5.92 Å². The maximum atomic E-state index is 3.60. The Morgan fingerprint density at radius 1 is 1.11 bits per heavy atom. The Morgan fingerprint density at radius 3 is 2.39 bits per heavy atom. The maximum absolute atomic E-state index is 3.60. The molecule has 1 aromatic carbocycles. The van der Waals surface area contributed by atoms with Crippen LogP contribution in [-0.2, 0) is 0 Å². The Balaban J connectivity index is 2.67. The summed E-state index contributed by atoms with van der Waals surface area (Å²) < 4.78 is 0. The number of aryl methyl sites for hydroxylation is 2. The lowest BCUT2D eigenvalue weighted by molar-refractivity contribution is 0.604. The summed E-state index contributed by atoms with van der Waals surface area (Å²) in [5.74, 6) is 3.18. The lowest BCUT2D eigenvalue weighted by Gasteiger charge is -2.19. The van der Waals surface area contributed by atoms with E-state index in [1.165, 1.54) is 22.4 Å². The molecule has 1 aromatic rings. The number of hydrogen-bond acceptors (Lipinski definition) is 2. The molecule has 18 heavy (non-hydrogen) atoms. The van der Waals surface area contributed by atoms with Crippen LogP contribution in [0.25, 0.3) is 0 Å². The van der Waals surface area contributed by atoms with E-state index in [-0.39, 0.29) is 0 Å². The molecule has 1 nitrogen and oxygen atoms in total. The number of rotatable bonds is 7. The summed E-state index contributed by atoms with van der Waals surface area (Å²) >= 11 is 2.05. The van der Waals surface area contributed by atoms with Crippen LogP contribution >= 0.6 is 11.8 Å². The minimum absolute atomic E-state index is 0.484. The van der Waals surface area contributed by atoms with E-state index in [4.69, 9.17) is 0 Å². The fourth-order valence-corrected chi connectivity index (χ4v) is 3.08. The molecular formula is C16H27NS. The van der Waals surface area contributed by atoms with Gasteiger partial charge in [-0.1, -0.05) is 39.0 Å². The van der Waals surface area contributed by atoms with Gasteiger partial charge < -0.3 is 5.32 Å². The van der Waals surface area contributed by atoms with E-state index in [0.29, 0.717) is 6.04 Å². The van der Waals surface area contributed by atoms with E-state index in [9.17, 15) is 0 Å². The second-order valence-corrected chi connectivity index (χ2v) is 6.46. The van der Waals surface area contributed by atoms with Crippen molar-refractivity contribution in [3.8, 4) is 0 Å². The molecule has 1 rings (SSSR count). The quantitative estimate of drug-likeness (QED) is 0.787. The molecule has 1 N–H and O–H groups in total. The molecule has 0 radical (unpaired) electrons. The van der Waals surface area contributed by atoms with Gasteiger partial charge in [-0.3, -0.25) is 0 Å². The van der Waals surface area contributed by atoms with Crippen molar-refractivity contribution in [2.75, 3.05) is 18.1 Å². The third-order valence-electron chi connectivity index (χ3n) is 3.12. The molecule has 0 aliphatic heterocycles. The number of hydrogen-bond donors (Lipinski definition) is 1. The summed E-state index contributed by atoms with van der Waals surface area (Å²) in [6, 6.07) is 7.32. The van der Waals surface area contributed by atoms with Crippen molar-refractivity contribution in [3.63, 3.8) is 0 Å². The van der Waals surface area contributed by atoms with E-state index < -0.39 is 0 Å². The summed E-state index contributed by atoms with van der Waals surface area (Å²) in [5.41, 5.74) is 4.20. The summed E-state index contributed by atoms with van der Waals surface area (Å²) in [7, 11) is 0. The fraction of sp³-hybridized carbons (Fsp3) is 0.625. The first-order valence-electron chi connectivity index (χ1n) is 6.92. The predicted octanol–water partition coefficient (Wildman–Crippen LogP) is 4.34. The SMILES string of the molecule is CCNC(CSCC(C)C)c1ccc(C)c(C)c1. The van der Waals surface area contributed by atoms with Crippen LogP contribution in [0.4, 0.5) is 0 Å². The molecule has 0 saturated heterocycles. The van der Waals surface area contributed by atoms with Crippen LogP contribution in [0, 0.1) is 19.8 Å². The van der Waals surface area contributed by atoms with E-state index in [1.54, 1.807) is 0 Å². The molecular weight excluding hydrogens is 238 g/mol. The summed E-state index contributed by atoms with van der Waals surface area (Å²) in [4.78, 5) is 0. The number of nitrogens with one attached hydrogen (secondary N) is 1. The first kappa shape index (κ1) is 15.6. The molecule has 0 bridgehead atoms. The van der Waals surface area contributed by atoms with Gasteiger partial charge in [-0.2, -0.15) is 11.8 Å². The van der Waals surface area contributed by atoms with Crippen molar-refractivity contribution in [2.45, 2.75) is 40.7 Å². The Labute approximate surface area is 117 Å². The van der Waals surface area contributed by atoms with Gasteiger partial charge in [0.1, 0.15) is 0 Å². The largest absolute Gasteiger partial charge is 0.310 e. The van der Waals surface area contributed by atoms with Crippen LogP contribution in [0.15, 0.2) is 18.2 Å². The van der Waals surface area contributed by atoms with Gasteiger partial charge in [0.25, 0.3) is 0 Å². The molecule has 0 amide bonds. The lowest BCUT2D eigenvalue weighted by Crippen LogP contribution is -2.23. The van der Waals surface area contributed by atoms with Crippen LogP contribution in [-0.4, -0.2) is 18.1 Å². The van der Waals surface area contributed by atoms with Gasteiger partial charge in [0.05, 0.1) is 0 Å². The van der Waals surface area contributed by atoms with Gasteiger partial charge in [-0.05, 0) is 48.8 Å². The van der Waals surface area contributed by atoms with Gasteiger partial charge in [-0.25, -0.2) is 0 Å². The average Bonchev–Trinajstić information content (AvgIpc) is 2.31. The van der Waals surface area contributed by atoms with Crippen LogP contribution in [0.2, 0.25) is 0 Å². The highest BCUT2D eigenvalue weighted by atomic mass is 32.2. The predicted molar refractivity (Wildman–Crippen MR) is 84.5 cm³/mol. The smallest absolute Gasteiger partial charge is 0.0411 e. The Kier molecular flexibility index (Phi) is 6.80. The Bertz CT molecular complexity index is 360. The molecule has 0 spiro atoms.